The summed E-state index contributed by atoms with van der Waals surface area (Å²) in [5, 5.41) is 4.74. The minimum atomic E-state index is -0.596. The van der Waals surface area contributed by atoms with E-state index in [9.17, 15) is 9.59 Å². The number of benzene rings is 2. The Bertz CT molecular complexity index is 1070. The molecule has 1 atom stereocenters. The highest BCUT2D eigenvalue weighted by atomic mass is 16.6. The molecular weight excluding hydrogens is 368 g/mol. The molecule has 1 unspecified atom stereocenters. The Morgan fingerprint density at radius 1 is 1.14 bits per heavy atom. The van der Waals surface area contributed by atoms with Crippen molar-refractivity contribution in [2.45, 2.75) is 33.2 Å². The number of hydrogen-bond donors (Lipinski definition) is 1. The molecular formula is C23H26N2O4. The van der Waals surface area contributed by atoms with Gasteiger partial charge >= 0.3 is 12.1 Å². The zero-order valence-electron chi connectivity index (χ0n) is 17.0. The number of fused-ring (bicyclic) bond motifs is 3. The minimum Gasteiger partial charge on any atom is -0.460 e. The lowest BCUT2D eigenvalue weighted by Crippen LogP contribution is -2.30. The Kier molecular flexibility index (Phi) is 6.22. The average molecular weight is 394 g/mol. The topological polar surface area (TPSA) is 69.6 Å². The normalized spacial score (nSPS) is 12.0. The summed E-state index contributed by atoms with van der Waals surface area (Å²) in [4.78, 5) is 23.4. The second-order valence-corrected chi connectivity index (χ2v) is 7.06. The average Bonchev–Trinajstić information content (AvgIpc) is 3.04. The maximum atomic E-state index is 12.1. The maximum absolute atomic E-state index is 12.1. The van der Waals surface area contributed by atoms with Crippen molar-refractivity contribution in [3.05, 3.63) is 54.6 Å². The molecule has 0 fully saturated rings. The van der Waals surface area contributed by atoms with Crippen LogP contribution in [-0.4, -0.2) is 29.8 Å². The van der Waals surface area contributed by atoms with Gasteiger partial charge in [-0.05, 0) is 44.5 Å². The number of rotatable bonds is 7. The molecule has 0 radical (unpaired) electrons. The van der Waals surface area contributed by atoms with Crippen LogP contribution in [-0.2, 0) is 9.53 Å². The van der Waals surface area contributed by atoms with E-state index >= 15 is 0 Å². The molecule has 0 aliphatic rings. The molecule has 2 aromatic carbocycles. The molecule has 6 nitrogen and oxygen atoms in total. The first-order valence-electron chi connectivity index (χ1n) is 9.73. The maximum Gasteiger partial charge on any atom is 0.412 e. The molecule has 29 heavy (non-hydrogen) atoms. The van der Waals surface area contributed by atoms with E-state index in [1.807, 2.05) is 24.3 Å². The highest BCUT2D eigenvalue weighted by molar-refractivity contribution is 6.08. The van der Waals surface area contributed by atoms with Gasteiger partial charge in [-0.15, -0.1) is 0 Å². The van der Waals surface area contributed by atoms with Crippen LogP contribution in [0, 0.1) is 0 Å². The predicted molar refractivity (Wildman–Crippen MR) is 114 cm³/mol. The van der Waals surface area contributed by atoms with Gasteiger partial charge in [0.1, 0.15) is 12.4 Å². The third-order valence-corrected chi connectivity index (χ3v) is 4.88. The number of esters is 1. The van der Waals surface area contributed by atoms with E-state index in [-0.39, 0.29) is 13.2 Å². The van der Waals surface area contributed by atoms with E-state index in [0.717, 1.165) is 28.2 Å². The Hall–Kier alpha value is -3.28. The smallest absolute Gasteiger partial charge is 0.412 e. The van der Waals surface area contributed by atoms with Crippen molar-refractivity contribution >= 4 is 33.9 Å². The van der Waals surface area contributed by atoms with Crippen molar-refractivity contribution in [2.75, 3.05) is 13.2 Å². The second-order valence-electron chi connectivity index (χ2n) is 7.06. The Morgan fingerprint density at radius 2 is 1.86 bits per heavy atom. The van der Waals surface area contributed by atoms with Gasteiger partial charge in [0.15, 0.2) is 0 Å². The third kappa shape index (κ3) is 4.42. The van der Waals surface area contributed by atoms with Gasteiger partial charge in [-0.25, -0.2) is 9.59 Å². The van der Waals surface area contributed by atoms with Crippen LogP contribution >= 0.6 is 0 Å². The molecule has 1 N–H and O–H groups in total. The van der Waals surface area contributed by atoms with Crippen molar-refractivity contribution in [1.29, 1.82) is 0 Å². The van der Waals surface area contributed by atoms with Crippen LogP contribution in [0.25, 0.3) is 21.8 Å². The number of hydrogen-bond acceptors (Lipinski definition) is 4. The second kappa shape index (κ2) is 8.82. The fourth-order valence-corrected chi connectivity index (χ4v) is 3.27. The standard InChI is InChI=1S/C23H26N2O4/c1-5-16(4)25-20-9-7-6-8-18(20)19-14-17(10-11-21(19)25)29-23(27)24-12-13-28-22(26)15(2)3/h6-11,14,16H,2,5,12-13H2,1,3-4H3,(H,24,27). The summed E-state index contributed by atoms with van der Waals surface area (Å²) in [6.07, 6.45) is 0.422. The first-order valence-corrected chi connectivity index (χ1v) is 9.73. The zero-order valence-corrected chi connectivity index (χ0v) is 17.0. The van der Waals surface area contributed by atoms with Crippen LogP contribution in [0.3, 0.4) is 0 Å². The van der Waals surface area contributed by atoms with Gasteiger partial charge < -0.3 is 19.4 Å². The van der Waals surface area contributed by atoms with Gasteiger partial charge in [0, 0.05) is 33.4 Å². The largest absolute Gasteiger partial charge is 0.460 e. The van der Waals surface area contributed by atoms with Gasteiger partial charge in [-0.2, -0.15) is 0 Å². The Labute approximate surface area is 170 Å². The summed E-state index contributed by atoms with van der Waals surface area (Å²) in [7, 11) is 0. The number of carbonyl (C=O) groups is 2. The van der Waals surface area contributed by atoms with E-state index in [0.29, 0.717) is 17.4 Å². The summed E-state index contributed by atoms with van der Waals surface area (Å²) in [5.74, 6) is -0.0238. The monoisotopic (exact) mass is 394 g/mol. The molecule has 0 aliphatic carbocycles. The van der Waals surface area contributed by atoms with Crippen molar-refractivity contribution in [3.8, 4) is 5.75 Å². The summed E-state index contributed by atoms with van der Waals surface area (Å²) in [6, 6.07) is 14.3. The van der Waals surface area contributed by atoms with E-state index in [1.54, 1.807) is 13.0 Å². The lowest BCUT2D eigenvalue weighted by atomic mass is 10.1. The molecule has 3 aromatic rings. The van der Waals surface area contributed by atoms with Gasteiger partial charge in [0.05, 0.1) is 6.54 Å². The molecule has 1 aromatic heterocycles. The van der Waals surface area contributed by atoms with Crippen LogP contribution in [0.15, 0.2) is 54.6 Å². The Morgan fingerprint density at radius 3 is 2.59 bits per heavy atom. The number of nitrogens with zero attached hydrogens (tertiary/aromatic N) is 1. The molecule has 1 heterocycles. The molecule has 0 saturated carbocycles. The van der Waals surface area contributed by atoms with E-state index < -0.39 is 12.1 Å². The molecule has 1 amide bonds. The van der Waals surface area contributed by atoms with Crippen molar-refractivity contribution in [2.24, 2.45) is 0 Å². The molecule has 3 rings (SSSR count). The van der Waals surface area contributed by atoms with Crippen LogP contribution in [0.1, 0.15) is 33.2 Å². The van der Waals surface area contributed by atoms with Crippen LogP contribution in [0.2, 0.25) is 0 Å². The number of carbonyl (C=O) groups excluding carboxylic acids is 2. The van der Waals surface area contributed by atoms with E-state index in [1.165, 1.54) is 0 Å². The zero-order chi connectivity index (χ0) is 21.0. The van der Waals surface area contributed by atoms with Crippen molar-refractivity contribution in [1.82, 2.24) is 9.88 Å². The number of ether oxygens (including phenoxy) is 2. The summed E-state index contributed by atoms with van der Waals surface area (Å²) in [6.45, 7) is 9.65. The fourth-order valence-electron chi connectivity index (χ4n) is 3.27. The number of para-hydroxylation sites is 1. The molecule has 152 valence electrons. The molecule has 0 bridgehead atoms. The number of amides is 1. The number of aromatic nitrogens is 1. The quantitative estimate of drug-likeness (QED) is 0.349. The van der Waals surface area contributed by atoms with Crippen molar-refractivity contribution in [3.63, 3.8) is 0 Å². The summed E-state index contributed by atoms with van der Waals surface area (Å²) >= 11 is 0. The van der Waals surface area contributed by atoms with E-state index in [2.05, 4.69) is 42.4 Å². The van der Waals surface area contributed by atoms with Gasteiger partial charge in [-0.3, -0.25) is 0 Å². The molecule has 0 spiro atoms. The first kappa shape index (κ1) is 20.5. The lowest BCUT2D eigenvalue weighted by Gasteiger charge is -2.14. The van der Waals surface area contributed by atoms with Crippen LogP contribution in [0.4, 0.5) is 4.79 Å². The summed E-state index contributed by atoms with van der Waals surface area (Å²) < 4.78 is 12.7. The summed E-state index contributed by atoms with van der Waals surface area (Å²) in [5.41, 5.74) is 2.59. The Balaban J connectivity index is 1.75. The SMILES string of the molecule is C=C(C)C(=O)OCCNC(=O)Oc1ccc2c(c1)c1ccccc1n2C(C)CC. The van der Waals surface area contributed by atoms with Crippen LogP contribution < -0.4 is 10.1 Å². The fraction of sp³-hybridized carbons (Fsp3) is 0.304. The molecule has 0 aliphatic heterocycles. The lowest BCUT2D eigenvalue weighted by molar-refractivity contribution is -0.138. The molecule has 0 saturated heterocycles. The van der Waals surface area contributed by atoms with Crippen LogP contribution in [0.5, 0.6) is 5.75 Å². The van der Waals surface area contributed by atoms with Gasteiger partial charge in [0.2, 0.25) is 0 Å². The van der Waals surface area contributed by atoms with Crippen molar-refractivity contribution < 1.29 is 19.1 Å². The minimum absolute atomic E-state index is 0.0578. The highest BCUT2D eigenvalue weighted by Crippen LogP contribution is 2.34. The highest BCUT2D eigenvalue weighted by Gasteiger charge is 2.15. The van der Waals surface area contributed by atoms with Gasteiger partial charge in [0.25, 0.3) is 0 Å². The first-order chi connectivity index (χ1) is 13.9. The third-order valence-electron chi connectivity index (χ3n) is 4.88. The van der Waals surface area contributed by atoms with E-state index in [4.69, 9.17) is 9.47 Å². The number of nitrogens with one attached hydrogen (secondary N) is 1. The van der Waals surface area contributed by atoms with Gasteiger partial charge in [-0.1, -0.05) is 31.7 Å². The predicted octanol–water partition coefficient (Wildman–Crippen LogP) is 4.97. The molecule has 6 heteroatoms.